The summed E-state index contributed by atoms with van der Waals surface area (Å²) in [6.45, 7) is 1.34. The van der Waals surface area contributed by atoms with E-state index in [0.717, 1.165) is 28.7 Å². The molecular formula is C18H21N3O2S. The predicted molar refractivity (Wildman–Crippen MR) is 97.0 cm³/mol. The van der Waals surface area contributed by atoms with Crippen molar-refractivity contribution in [2.45, 2.75) is 12.1 Å². The number of thiocarbonyl (C=S) groups is 1. The van der Waals surface area contributed by atoms with Gasteiger partial charge < -0.3 is 19.7 Å². The van der Waals surface area contributed by atoms with Crippen molar-refractivity contribution in [2.75, 3.05) is 27.4 Å². The van der Waals surface area contributed by atoms with E-state index in [1.807, 2.05) is 36.5 Å². The van der Waals surface area contributed by atoms with E-state index < -0.39 is 0 Å². The van der Waals surface area contributed by atoms with Crippen molar-refractivity contribution >= 4 is 17.3 Å². The third-order valence-electron chi connectivity index (χ3n) is 4.19. The Morgan fingerprint density at radius 2 is 1.96 bits per heavy atom. The summed E-state index contributed by atoms with van der Waals surface area (Å²) in [4.78, 5) is 6.68. The Balaban J connectivity index is 1.96. The first kappa shape index (κ1) is 16.7. The summed E-state index contributed by atoms with van der Waals surface area (Å²) in [5.74, 6) is 0.838. The SMILES string of the molecule is COCCN1C(=S)N[C@H](c2ccccn2)[C@H]1c1ccc(OC)cc1. The van der Waals surface area contributed by atoms with Crippen molar-refractivity contribution in [1.82, 2.24) is 15.2 Å². The first-order valence-corrected chi connectivity index (χ1v) is 8.26. The molecule has 5 nitrogen and oxygen atoms in total. The number of aromatic nitrogens is 1. The Bertz CT molecular complexity index is 678. The van der Waals surface area contributed by atoms with Crippen LogP contribution in [0.15, 0.2) is 48.7 Å². The fraction of sp³-hybridized carbons (Fsp3) is 0.333. The number of rotatable bonds is 6. The van der Waals surface area contributed by atoms with E-state index in [0.29, 0.717) is 6.61 Å². The maximum absolute atomic E-state index is 5.56. The van der Waals surface area contributed by atoms with Crippen LogP contribution in [0.25, 0.3) is 0 Å². The fourth-order valence-electron chi connectivity index (χ4n) is 3.00. The maximum atomic E-state index is 5.56. The van der Waals surface area contributed by atoms with Crippen LogP contribution in [-0.4, -0.2) is 42.4 Å². The Morgan fingerprint density at radius 3 is 2.58 bits per heavy atom. The van der Waals surface area contributed by atoms with Crippen LogP contribution < -0.4 is 10.1 Å². The molecule has 0 spiro atoms. The average molecular weight is 343 g/mol. The second-order valence-electron chi connectivity index (χ2n) is 5.59. The monoisotopic (exact) mass is 343 g/mol. The standard InChI is InChI=1S/C18H21N3O2S/c1-22-12-11-21-17(13-6-8-14(23-2)9-7-13)16(20-18(21)24)15-5-3-4-10-19-15/h3-10,16-17H,11-12H2,1-2H3,(H,20,24)/t16-,17-/m1/s1. The van der Waals surface area contributed by atoms with Crippen LogP contribution in [0.3, 0.4) is 0 Å². The number of ether oxygens (including phenoxy) is 2. The second kappa shape index (κ2) is 7.59. The number of pyridine rings is 1. The molecule has 1 aliphatic rings. The number of benzene rings is 1. The molecule has 2 heterocycles. The van der Waals surface area contributed by atoms with Crippen LogP contribution in [0.1, 0.15) is 23.3 Å². The van der Waals surface area contributed by atoms with Gasteiger partial charge in [0, 0.05) is 19.9 Å². The highest BCUT2D eigenvalue weighted by Crippen LogP contribution is 2.38. The lowest BCUT2D eigenvalue weighted by molar-refractivity contribution is 0.164. The van der Waals surface area contributed by atoms with Gasteiger partial charge in [0.05, 0.1) is 31.5 Å². The predicted octanol–water partition coefficient (Wildman–Crippen LogP) is 2.71. The minimum absolute atomic E-state index is 0.00366. The summed E-state index contributed by atoms with van der Waals surface area (Å²) >= 11 is 5.56. The first-order valence-electron chi connectivity index (χ1n) is 7.85. The van der Waals surface area contributed by atoms with E-state index in [1.165, 1.54) is 0 Å². The van der Waals surface area contributed by atoms with Gasteiger partial charge in [-0.2, -0.15) is 0 Å². The van der Waals surface area contributed by atoms with Gasteiger partial charge in [-0.05, 0) is 42.0 Å². The molecule has 0 aliphatic carbocycles. The minimum Gasteiger partial charge on any atom is -0.497 e. The molecule has 126 valence electrons. The molecule has 0 saturated carbocycles. The summed E-state index contributed by atoms with van der Waals surface area (Å²) in [7, 11) is 3.37. The molecule has 6 heteroatoms. The van der Waals surface area contributed by atoms with Crippen LogP contribution in [0.5, 0.6) is 5.75 Å². The zero-order valence-corrected chi connectivity index (χ0v) is 14.6. The van der Waals surface area contributed by atoms with Gasteiger partial charge in [-0.3, -0.25) is 4.98 Å². The number of hydrogen-bond donors (Lipinski definition) is 1. The molecule has 1 N–H and O–H groups in total. The molecule has 0 amide bonds. The summed E-state index contributed by atoms with van der Waals surface area (Å²) in [5.41, 5.74) is 2.13. The third kappa shape index (κ3) is 3.34. The van der Waals surface area contributed by atoms with E-state index in [2.05, 4.69) is 27.3 Å². The highest BCUT2D eigenvalue weighted by molar-refractivity contribution is 7.80. The van der Waals surface area contributed by atoms with Crippen LogP contribution in [0.4, 0.5) is 0 Å². The molecule has 1 aromatic carbocycles. The quantitative estimate of drug-likeness (QED) is 0.814. The third-order valence-corrected chi connectivity index (χ3v) is 4.54. The molecule has 0 bridgehead atoms. The zero-order chi connectivity index (χ0) is 16.9. The van der Waals surface area contributed by atoms with Crippen molar-refractivity contribution < 1.29 is 9.47 Å². The smallest absolute Gasteiger partial charge is 0.170 e. The van der Waals surface area contributed by atoms with Gasteiger partial charge in [0.1, 0.15) is 5.75 Å². The number of nitrogens with zero attached hydrogens (tertiary/aromatic N) is 2. The number of methoxy groups -OCH3 is 2. The Morgan fingerprint density at radius 1 is 1.17 bits per heavy atom. The number of hydrogen-bond acceptors (Lipinski definition) is 4. The summed E-state index contributed by atoms with van der Waals surface area (Å²) in [6, 6.07) is 14.1. The fourth-order valence-corrected chi connectivity index (χ4v) is 3.33. The molecule has 1 aliphatic heterocycles. The van der Waals surface area contributed by atoms with E-state index in [9.17, 15) is 0 Å². The zero-order valence-electron chi connectivity index (χ0n) is 13.8. The summed E-state index contributed by atoms with van der Waals surface area (Å²) in [5, 5.41) is 4.14. The molecule has 1 fully saturated rings. The van der Waals surface area contributed by atoms with Gasteiger partial charge in [0.15, 0.2) is 5.11 Å². The molecule has 2 atom stereocenters. The number of nitrogens with one attached hydrogen (secondary N) is 1. The van der Waals surface area contributed by atoms with Crippen molar-refractivity contribution in [3.05, 3.63) is 59.9 Å². The lowest BCUT2D eigenvalue weighted by atomic mass is 9.97. The second-order valence-corrected chi connectivity index (χ2v) is 5.97. The van der Waals surface area contributed by atoms with Gasteiger partial charge in [-0.15, -0.1) is 0 Å². The van der Waals surface area contributed by atoms with Crippen molar-refractivity contribution in [1.29, 1.82) is 0 Å². The van der Waals surface area contributed by atoms with E-state index in [4.69, 9.17) is 21.7 Å². The Labute approximate surface area is 147 Å². The molecule has 0 radical (unpaired) electrons. The largest absolute Gasteiger partial charge is 0.497 e. The summed E-state index contributed by atoms with van der Waals surface area (Å²) < 4.78 is 10.5. The first-order chi connectivity index (χ1) is 11.7. The topological polar surface area (TPSA) is 46.6 Å². The Kier molecular flexibility index (Phi) is 5.27. The van der Waals surface area contributed by atoms with Gasteiger partial charge in [-0.1, -0.05) is 18.2 Å². The molecule has 1 aromatic heterocycles. The molecule has 24 heavy (non-hydrogen) atoms. The van der Waals surface area contributed by atoms with Gasteiger partial charge in [0.25, 0.3) is 0 Å². The van der Waals surface area contributed by atoms with Gasteiger partial charge in [-0.25, -0.2) is 0 Å². The molecular weight excluding hydrogens is 322 g/mol. The van der Waals surface area contributed by atoms with Crippen molar-refractivity contribution in [3.63, 3.8) is 0 Å². The van der Waals surface area contributed by atoms with Crippen LogP contribution >= 0.6 is 12.2 Å². The minimum atomic E-state index is 0.00366. The molecule has 0 unspecified atom stereocenters. The van der Waals surface area contributed by atoms with E-state index >= 15 is 0 Å². The normalized spacial score (nSPS) is 20.1. The summed E-state index contributed by atoms with van der Waals surface area (Å²) in [6.07, 6.45) is 1.81. The lowest BCUT2D eigenvalue weighted by Crippen LogP contribution is -2.32. The van der Waals surface area contributed by atoms with E-state index in [-0.39, 0.29) is 12.1 Å². The maximum Gasteiger partial charge on any atom is 0.170 e. The van der Waals surface area contributed by atoms with Gasteiger partial charge in [0.2, 0.25) is 0 Å². The average Bonchev–Trinajstić information content (AvgIpc) is 2.97. The molecule has 3 rings (SSSR count). The van der Waals surface area contributed by atoms with E-state index in [1.54, 1.807) is 14.2 Å². The highest BCUT2D eigenvalue weighted by Gasteiger charge is 2.39. The van der Waals surface area contributed by atoms with Crippen LogP contribution in [-0.2, 0) is 4.74 Å². The van der Waals surface area contributed by atoms with Crippen molar-refractivity contribution in [3.8, 4) is 5.75 Å². The van der Waals surface area contributed by atoms with Crippen LogP contribution in [0.2, 0.25) is 0 Å². The van der Waals surface area contributed by atoms with Gasteiger partial charge >= 0.3 is 0 Å². The lowest BCUT2D eigenvalue weighted by Gasteiger charge is -2.27. The molecule has 1 saturated heterocycles. The highest BCUT2D eigenvalue weighted by atomic mass is 32.1. The Hall–Kier alpha value is -2.18. The molecule has 2 aromatic rings. The van der Waals surface area contributed by atoms with Crippen LogP contribution in [0, 0.1) is 0 Å². The van der Waals surface area contributed by atoms with Crippen molar-refractivity contribution in [2.24, 2.45) is 0 Å².